The van der Waals surface area contributed by atoms with Crippen LogP contribution >= 0.6 is 0 Å². The molecule has 0 bridgehead atoms. The number of amides is 1. The lowest BCUT2D eigenvalue weighted by Crippen LogP contribution is -2.54. The third-order valence-electron chi connectivity index (χ3n) is 3.32. The first kappa shape index (κ1) is 15.5. The van der Waals surface area contributed by atoms with E-state index in [4.69, 9.17) is 4.74 Å². The van der Waals surface area contributed by atoms with E-state index in [2.05, 4.69) is 24.5 Å². The van der Waals surface area contributed by atoms with Crippen LogP contribution in [0.15, 0.2) is 0 Å². The number of aliphatic hydroxyl groups is 1. The summed E-state index contributed by atoms with van der Waals surface area (Å²) in [6, 6.07) is 1.03. The number of carbonyl (C=O) groups excluding carboxylic acids is 1. The number of carbonyl (C=O) groups is 1. The van der Waals surface area contributed by atoms with Crippen LogP contribution in [0, 0.1) is 0 Å². The van der Waals surface area contributed by atoms with Gasteiger partial charge in [-0.1, -0.05) is 19.6 Å². The third kappa shape index (κ3) is 4.95. The molecule has 0 aromatic heterocycles. The summed E-state index contributed by atoms with van der Waals surface area (Å²) in [6.07, 6.45) is -0.236. The van der Waals surface area contributed by atoms with E-state index in [0.717, 1.165) is 12.6 Å². The lowest BCUT2D eigenvalue weighted by Gasteiger charge is -2.37. The van der Waals surface area contributed by atoms with Crippen LogP contribution in [0.2, 0.25) is 25.7 Å². The van der Waals surface area contributed by atoms with Gasteiger partial charge in [-0.25, -0.2) is 4.79 Å². The number of hydrogen-bond acceptors (Lipinski definition) is 4. The van der Waals surface area contributed by atoms with Crippen molar-refractivity contribution in [3.63, 3.8) is 0 Å². The van der Waals surface area contributed by atoms with Gasteiger partial charge in [-0.15, -0.1) is 0 Å². The van der Waals surface area contributed by atoms with Gasteiger partial charge >= 0.3 is 6.09 Å². The first-order valence-electron chi connectivity index (χ1n) is 6.56. The molecule has 0 radical (unpaired) electrons. The van der Waals surface area contributed by atoms with Crippen LogP contribution in [0.1, 0.15) is 0 Å². The number of ether oxygens (including phenoxy) is 1. The van der Waals surface area contributed by atoms with Crippen molar-refractivity contribution in [1.29, 1.82) is 0 Å². The maximum Gasteiger partial charge on any atom is 0.409 e. The molecule has 106 valence electrons. The van der Waals surface area contributed by atoms with Gasteiger partial charge in [0.15, 0.2) is 0 Å². The topological polar surface area (TPSA) is 53.0 Å². The molecule has 1 atom stereocenters. The fraction of sp³-hybridized carbons (Fsp3) is 0.917. The van der Waals surface area contributed by atoms with Crippen molar-refractivity contribution < 1.29 is 14.6 Å². The zero-order valence-corrected chi connectivity index (χ0v) is 13.0. The Hall–Kier alpha value is -0.593. The van der Waals surface area contributed by atoms with Crippen molar-refractivity contribution in [2.45, 2.75) is 31.7 Å². The number of rotatable bonds is 4. The lowest BCUT2D eigenvalue weighted by molar-refractivity contribution is 0.0434. The standard InChI is InChI=1S/C12H26N2O3Si/c1-13-5-6-14(9-11(13)10-15)12(16)17-7-8-18(2,3)4/h11,15H,5-10H2,1-4H3/t11-/m0/s1. The minimum Gasteiger partial charge on any atom is -0.450 e. The second-order valence-corrected chi connectivity index (χ2v) is 11.8. The third-order valence-corrected chi connectivity index (χ3v) is 5.03. The summed E-state index contributed by atoms with van der Waals surface area (Å²) in [5.74, 6) is 0. The molecule has 0 spiro atoms. The van der Waals surface area contributed by atoms with Crippen LogP contribution in [0.5, 0.6) is 0 Å². The SMILES string of the molecule is CN1CCN(C(=O)OCC[Si](C)(C)C)C[C@H]1CO. The van der Waals surface area contributed by atoms with Crippen LogP contribution < -0.4 is 0 Å². The van der Waals surface area contributed by atoms with E-state index >= 15 is 0 Å². The molecule has 18 heavy (non-hydrogen) atoms. The van der Waals surface area contributed by atoms with Crippen LogP contribution in [-0.2, 0) is 4.74 Å². The highest BCUT2D eigenvalue weighted by atomic mass is 28.3. The molecular weight excluding hydrogens is 248 g/mol. The first-order valence-corrected chi connectivity index (χ1v) is 10.3. The predicted octanol–water partition coefficient (Wildman–Crippen LogP) is 1.07. The van der Waals surface area contributed by atoms with Gasteiger partial charge in [0.2, 0.25) is 0 Å². The summed E-state index contributed by atoms with van der Waals surface area (Å²) in [7, 11) is 0.818. The van der Waals surface area contributed by atoms with Gasteiger partial charge in [0, 0.05) is 27.7 Å². The first-order chi connectivity index (χ1) is 8.33. The molecular formula is C12H26N2O3Si. The summed E-state index contributed by atoms with van der Waals surface area (Å²) < 4.78 is 5.31. The van der Waals surface area contributed by atoms with Crippen LogP contribution in [0.3, 0.4) is 0 Å². The van der Waals surface area contributed by atoms with E-state index in [1.165, 1.54) is 0 Å². The van der Waals surface area contributed by atoms with Gasteiger partial charge in [0.25, 0.3) is 0 Å². The van der Waals surface area contributed by atoms with Crippen LogP contribution in [-0.4, -0.2) is 75.0 Å². The molecule has 0 unspecified atom stereocenters. The monoisotopic (exact) mass is 274 g/mol. The normalized spacial score (nSPS) is 22.1. The lowest BCUT2D eigenvalue weighted by atomic mass is 10.2. The average Bonchev–Trinajstić information content (AvgIpc) is 2.27. The Morgan fingerprint density at radius 1 is 1.39 bits per heavy atom. The molecule has 0 aromatic rings. The van der Waals surface area contributed by atoms with Gasteiger partial charge in [0.1, 0.15) is 0 Å². The second-order valence-electron chi connectivity index (χ2n) is 6.19. The molecule has 1 N–H and O–H groups in total. The Morgan fingerprint density at radius 3 is 2.61 bits per heavy atom. The highest BCUT2D eigenvalue weighted by Gasteiger charge is 2.27. The van der Waals surface area contributed by atoms with Crippen molar-refractivity contribution >= 4 is 14.2 Å². The maximum absolute atomic E-state index is 11.9. The molecule has 0 aromatic carbocycles. The van der Waals surface area contributed by atoms with E-state index in [0.29, 0.717) is 19.7 Å². The summed E-state index contributed by atoms with van der Waals surface area (Å²) in [4.78, 5) is 15.6. The Bertz CT molecular complexity index is 281. The number of piperazine rings is 1. The van der Waals surface area contributed by atoms with Crippen molar-refractivity contribution in [2.75, 3.05) is 39.9 Å². The Kier molecular flexibility index (Phi) is 5.62. The molecule has 1 heterocycles. The van der Waals surface area contributed by atoms with Crippen molar-refractivity contribution in [2.24, 2.45) is 0 Å². The number of hydrogen-bond donors (Lipinski definition) is 1. The van der Waals surface area contributed by atoms with Gasteiger partial charge in [-0.3, -0.25) is 4.90 Å². The van der Waals surface area contributed by atoms with Crippen LogP contribution in [0.4, 0.5) is 4.79 Å². The molecule has 0 saturated carbocycles. The molecule has 1 saturated heterocycles. The highest BCUT2D eigenvalue weighted by Crippen LogP contribution is 2.11. The second kappa shape index (κ2) is 6.54. The summed E-state index contributed by atoms with van der Waals surface area (Å²) in [5.41, 5.74) is 0. The Morgan fingerprint density at radius 2 is 2.06 bits per heavy atom. The van der Waals surface area contributed by atoms with E-state index < -0.39 is 8.07 Å². The van der Waals surface area contributed by atoms with E-state index in [-0.39, 0.29) is 18.7 Å². The van der Waals surface area contributed by atoms with E-state index in [1.807, 2.05) is 7.05 Å². The fourth-order valence-electron chi connectivity index (χ4n) is 1.84. The number of likely N-dealkylation sites (N-methyl/N-ethyl adjacent to an activating group) is 1. The van der Waals surface area contributed by atoms with Gasteiger partial charge in [-0.05, 0) is 13.1 Å². The minimum absolute atomic E-state index is 0.0308. The van der Waals surface area contributed by atoms with Crippen molar-refractivity contribution in [3.05, 3.63) is 0 Å². The molecule has 1 aliphatic rings. The van der Waals surface area contributed by atoms with Crippen LogP contribution in [0.25, 0.3) is 0 Å². The predicted molar refractivity (Wildman–Crippen MR) is 74.6 cm³/mol. The summed E-state index contributed by atoms with van der Waals surface area (Å²) >= 11 is 0. The quantitative estimate of drug-likeness (QED) is 0.779. The molecule has 1 amide bonds. The smallest absolute Gasteiger partial charge is 0.409 e. The molecule has 0 aliphatic carbocycles. The summed E-state index contributed by atoms with van der Waals surface area (Å²) in [5, 5.41) is 9.23. The molecule has 5 nitrogen and oxygen atoms in total. The maximum atomic E-state index is 11.9. The van der Waals surface area contributed by atoms with Gasteiger partial charge in [0.05, 0.1) is 19.3 Å². The van der Waals surface area contributed by atoms with E-state index in [1.54, 1.807) is 4.90 Å². The molecule has 1 fully saturated rings. The number of nitrogens with zero attached hydrogens (tertiary/aromatic N) is 2. The van der Waals surface area contributed by atoms with Gasteiger partial charge < -0.3 is 14.7 Å². The van der Waals surface area contributed by atoms with Crippen molar-refractivity contribution in [1.82, 2.24) is 9.80 Å². The average molecular weight is 274 g/mol. The zero-order valence-electron chi connectivity index (χ0n) is 12.0. The molecule has 1 aliphatic heterocycles. The Balaban J connectivity index is 2.34. The largest absolute Gasteiger partial charge is 0.450 e. The summed E-state index contributed by atoms with van der Waals surface area (Å²) in [6.45, 7) is 9.40. The fourth-order valence-corrected chi connectivity index (χ4v) is 2.56. The molecule has 6 heteroatoms. The highest BCUT2D eigenvalue weighted by molar-refractivity contribution is 6.76. The molecule has 1 rings (SSSR count). The van der Waals surface area contributed by atoms with Crippen molar-refractivity contribution in [3.8, 4) is 0 Å². The van der Waals surface area contributed by atoms with E-state index in [9.17, 15) is 9.90 Å². The minimum atomic E-state index is -1.15. The van der Waals surface area contributed by atoms with Gasteiger partial charge in [-0.2, -0.15) is 0 Å². The Labute approximate surface area is 111 Å². The zero-order chi connectivity index (χ0) is 13.8. The number of aliphatic hydroxyl groups excluding tert-OH is 1.